The smallest absolute Gasteiger partial charge is 0.131 e. The molecule has 0 aliphatic heterocycles. The minimum Gasteiger partial charge on any atom is -0.496 e. The molecule has 0 amide bonds. The molecule has 3 rings (SSSR count). The zero-order valence-corrected chi connectivity index (χ0v) is 10.3. The van der Waals surface area contributed by atoms with Crippen molar-refractivity contribution in [2.45, 2.75) is 31.7 Å². The fourth-order valence-electron chi connectivity index (χ4n) is 2.46. The quantitative estimate of drug-likeness (QED) is 0.851. The zero-order chi connectivity index (χ0) is 12.0. The lowest BCUT2D eigenvalue weighted by Crippen LogP contribution is -2.24. The number of aryl methyl sites for hydroxylation is 1. The van der Waals surface area contributed by atoms with Gasteiger partial charge in [-0.15, -0.1) is 0 Å². The van der Waals surface area contributed by atoms with Crippen molar-refractivity contribution in [2.24, 2.45) is 5.73 Å². The van der Waals surface area contributed by atoms with Crippen LogP contribution in [0.3, 0.4) is 0 Å². The van der Waals surface area contributed by atoms with E-state index in [0.29, 0.717) is 0 Å². The summed E-state index contributed by atoms with van der Waals surface area (Å²) in [7, 11) is 1.73. The van der Waals surface area contributed by atoms with E-state index in [1.807, 2.05) is 0 Å². The van der Waals surface area contributed by atoms with Gasteiger partial charge in [0.25, 0.3) is 0 Å². The molecular weight excluding hydrogens is 212 g/mol. The molecule has 0 atom stereocenters. The second kappa shape index (κ2) is 3.50. The number of aromatic amines is 1. The van der Waals surface area contributed by atoms with E-state index >= 15 is 0 Å². The maximum Gasteiger partial charge on any atom is 0.131 e. The SMILES string of the molecule is COc1c(CC2(N)CC2)ccc2[nH]c(C)cc12. The van der Waals surface area contributed by atoms with Gasteiger partial charge in [-0.2, -0.15) is 0 Å². The van der Waals surface area contributed by atoms with Crippen molar-refractivity contribution in [3.63, 3.8) is 0 Å². The van der Waals surface area contributed by atoms with Crippen molar-refractivity contribution in [2.75, 3.05) is 7.11 Å². The Morgan fingerprint density at radius 2 is 2.18 bits per heavy atom. The molecule has 0 unspecified atom stereocenters. The molecule has 1 heterocycles. The summed E-state index contributed by atoms with van der Waals surface area (Å²) in [6.45, 7) is 2.06. The second-order valence-electron chi connectivity index (χ2n) is 5.21. The first-order chi connectivity index (χ1) is 8.11. The Balaban J connectivity index is 2.10. The lowest BCUT2D eigenvalue weighted by atomic mass is 10.0. The number of nitrogens with two attached hydrogens (primary N) is 1. The number of aromatic nitrogens is 1. The molecule has 1 fully saturated rings. The van der Waals surface area contributed by atoms with E-state index in [2.05, 4.69) is 30.1 Å². The van der Waals surface area contributed by atoms with Gasteiger partial charge in [0, 0.05) is 22.1 Å². The van der Waals surface area contributed by atoms with Crippen molar-refractivity contribution in [3.8, 4) is 5.75 Å². The summed E-state index contributed by atoms with van der Waals surface area (Å²) in [5.41, 5.74) is 9.72. The van der Waals surface area contributed by atoms with Gasteiger partial charge in [-0.3, -0.25) is 0 Å². The lowest BCUT2D eigenvalue weighted by molar-refractivity contribution is 0.412. The Kier molecular flexibility index (Phi) is 2.20. The van der Waals surface area contributed by atoms with Crippen LogP contribution in [0.5, 0.6) is 5.75 Å². The van der Waals surface area contributed by atoms with Gasteiger partial charge in [0.2, 0.25) is 0 Å². The largest absolute Gasteiger partial charge is 0.496 e. The third-order valence-corrected chi connectivity index (χ3v) is 3.61. The Bertz CT molecular complexity index is 567. The molecule has 0 spiro atoms. The van der Waals surface area contributed by atoms with Crippen molar-refractivity contribution in [3.05, 3.63) is 29.5 Å². The third-order valence-electron chi connectivity index (χ3n) is 3.61. The van der Waals surface area contributed by atoms with Gasteiger partial charge in [-0.1, -0.05) is 6.07 Å². The zero-order valence-electron chi connectivity index (χ0n) is 10.3. The Hall–Kier alpha value is -1.48. The van der Waals surface area contributed by atoms with Crippen LogP contribution < -0.4 is 10.5 Å². The molecule has 3 N–H and O–H groups in total. The fraction of sp³-hybridized carbons (Fsp3) is 0.429. The number of hydrogen-bond acceptors (Lipinski definition) is 2. The normalized spacial score (nSPS) is 17.4. The molecule has 0 saturated heterocycles. The van der Waals surface area contributed by atoms with Crippen LogP contribution in [0.1, 0.15) is 24.1 Å². The van der Waals surface area contributed by atoms with Crippen LogP contribution in [0, 0.1) is 6.92 Å². The standard InChI is InChI=1S/C14H18N2O/c1-9-7-11-12(16-9)4-3-10(13(11)17-2)8-14(15)5-6-14/h3-4,7,16H,5-6,8,15H2,1-2H3. The first-order valence-electron chi connectivity index (χ1n) is 6.05. The average molecular weight is 230 g/mol. The Labute approximate surface area is 101 Å². The number of rotatable bonds is 3. The highest BCUT2D eigenvalue weighted by atomic mass is 16.5. The number of fused-ring (bicyclic) bond motifs is 1. The number of H-pyrrole nitrogens is 1. The third kappa shape index (κ3) is 1.80. The van der Waals surface area contributed by atoms with E-state index < -0.39 is 0 Å². The van der Waals surface area contributed by atoms with Crippen molar-refractivity contribution >= 4 is 10.9 Å². The van der Waals surface area contributed by atoms with Crippen LogP contribution in [-0.4, -0.2) is 17.6 Å². The number of ether oxygens (including phenoxy) is 1. The Morgan fingerprint density at radius 1 is 1.41 bits per heavy atom. The van der Waals surface area contributed by atoms with Crippen LogP contribution >= 0.6 is 0 Å². The molecule has 90 valence electrons. The van der Waals surface area contributed by atoms with Crippen molar-refractivity contribution < 1.29 is 4.74 Å². The molecule has 0 radical (unpaired) electrons. The summed E-state index contributed by atoms with van der Waals surface area (Å²) < 4.78 is 5.57. The first kappa shape index (κ1) is 10.7. The van der Waals surface area contributed by atoms with Crippen LogP contribution in [0.2, 0.25) is 0 Å². The number of nitrogens with one attached hydrogen (secondary N) is 1. The predicted octanol–water partition coefficient (Wildman–Crippen LogP) is 2.52. The summed E-state index contributed by atoms with van der Waals surface area (Å²) in [5.74, 6) is 0.976. The summed E-state index contributed by atoms with van der Waals surface area (Å²) in [6, 6.07) is 6.38. The summed E-state index contributed by atoms with van der Waals surface area (Å²) in [6.07, 6.45) is 3.16. The molecule has 1 aliphatic carbocycles. The van der Waals surface area contributed by atoms with Gasteiger partial charge in [-0.05, 0) is 43.9 Å². The monoisotopic (exact) mass is 230 g/mol. The highest BCUT2D eigenvalue weighted by Gasteiger charge is 2.38. The minimum absolute atomic E-state index is 0.0201. The van der Waals surface area contributed by atoms with E-state index in [0.717, 1.165) is 41.6 Å². The molecule has 1 aromatic heterocycles. The number of benzene rings is 1. The van der Waals surface area contributed by atoms with E-state index in [-0.39, 0.29) is 5.54 Å². The highest BCUT2D eigenvalue weighted by Crippen LogP contribution is 2.39. The molecule has 1 aliphatic rings. The maximum absolute atomic E-state index is 6.19. The first-order valence-corrected chi connectivity index (χ1v) is 6.05. The molecule has 1 aromatic carbocycles. The summed E-state index contributed by atoms with van der Waals surface area (Å²) in [4.78, 5) is 3.33. The van der Waals surface area contributed by atoms with Gasteiger partial charge < -0.3 is 15.5 Å². The van der Waals surface area contributed by atoms with Gasteiger partial charge in [0.15, 0.2) is 0 Å². The van der Waals surface area contributed by atoms with Crippen LogP contribution in [0.15, 0.2) is 18.2 Å². The molecule has 17 heavy (non-hydrogen) atoms. The van der Waals surface area contributed by atoms with E-state index in [9.17, 15) is 0 Å². The highest BCUT2D eigenvalue weighted by molar-refractivity contribution is 5.88. The predicted molar refractivity (Wildman–Crippen MR) is 69.4 cm³/mol. The molecule has 0 bridgehead atoms. The van der Waals surface area contributed by atoms with Crippen molar-refractivity contribution in [1.82, 2.24) is 4.98 Å². The van der Waals surface area contributed by atoms with E-state index in [1.165, 1.54) is 5.56 Å². The van der Waals surface area contributed by atoms with Gasteiger partial charge in [0.1, 0.15) is 5.75 Å². The summed E-state index contributed by atoms with van der Waals surface area (Å²) >= 11 is 0. The van der Waals surface area contributed by atoms with Crippen LogP contribution in [-0.2, 0) is 6.42 Å². The molecule has 3 heteroatoms. The topological polar surface area (TPSA) is 51.0 Å². The maximum atomic E-state index is 6.19. The van der Waals surface area contributed by atoms with E-state index in [4.69, 9.17) is 10.5 Å². The minimum atomic E-state index is 0.0201. The molecule has 1 saturated carbocycles. The second-order valence-corrected chi connectivity index (χ2v) is 5.21. The van der Waals surface area contributed by atoms with Crippen molar-refractivity contribution in [1.29, 1.82) is 0 Å². The fourth-order valence-corrected chi connectivity index (χ4v) is 2.46. The van der Waals surface area contributed by atoms with E-state index in [1.54, 1.807) is 7.11 Å². The van der Waals surface area contributed by atoms with Crippen LogP contribution in [0.4, 0.5) is 0 Å². The van der Waals surface area contributed by atoms with Crippen LogP contribution in [0.25, 0.3) is 10.9 Å². The number of hydrogen-bond donors (Lipinski definition) is 2. The molecular formula is C14H18N2O. The lowest BCUT2D eigenvalue weighted by Gasteiger charge is -2.13. The Morgan fingerprint density at radius 3 is 2.82 bits per heavy atom. The van der Waals surface area contributed by atoms with Gasteiger partial charge in [-0.25, -0.2) is 0 Å². The summed E-state index contributed by atoms with van der Waals surface area (Å²) in [5, 5.41) is 1.16. The molecule has 3 nitrogen and oxygen atoms in total. The average Bonchev–Trinajstić information content (AvgIpc) is 2.87. The molecule has 2 aromatic rings. The van der Waals surface area contributed by atoms with Gasteiger partial charge in [0.05, 0.1) is 7.11 Å². The van der Waals surface area contributed by atoms with Gasteiger partial charge >= 0.3 is 0 Å². The number of methoxy groups -OCH3 is 1.